The van der Waals surface area contributed by atoms with Crippen molar-refractivity contribution in [2.24, 2.45) is 0 Å². The van der Waals surface area contributed by atoms with E-state index >= 15 is 0 Å². The molecule has 7 nitrogen and oxygen atoms in total. The van der Waals surface area contributed by atoms with E-state index in [1.807, 2.05) is 0 Å². The van der Waals surface area contributed by atoms with Crippen molar-refractivity contribution in [3.05, 3.63) is 70.6 Å². The fourth-order valence-corrected chi connectivity index (χ4v) is 3.85. The van der Waals surface area contributed by atoms with Gasteiger partial charge < -0.3 is 15.0 Å². The molecule has 0 aliphatic rings. The van der Waals surface area contributed by atoms with Gasteiger partial charge in [0.25, 0.3) is 11.5 Å². The molecule has 27 heavy (non-hydrogen) atoms. The molecule has 0 aliphatic carbocycles. The molecular weight excluding hydrogens is 368 g/mol. The van der Waals surface area contributed by atoms with Crippen LogP contribution >= 0.6 is 0 Å². The molecular formula is C19H18N2O5S. The third kappa shape index (κ3) is 4.01. The largest absolute Gasteiger partial charge is 0.497 e. The molecule has 8 heteroatoms. The summed E-state index contributed by atoms with van der Waals surface area (Å²) in [6.45, 7) is -0.0549. The van der Waals surface area contributed by atoms with E-state index in [0.29, 0.717) is 16.5 Å². The first-order valence-corrected chi connectivity index (χ1v) is 9.83. The first-order chi connectivity index (χ1) is 12.9. The average molecular weight is 386 g/mol. The maximum atomic E-state index is 12.4. The van der Waals surface area contributed by atoms with Crippen molar-refractivity contribution in [3.63, 3.8) is 0 Å². The summed E-state index contributed by atoms with van der Waals surface area (Å²) in [6, 6.07) is 12.8. The maximum Gasteiger partial charge on any atom is 0.255 e. The number of nitrogens with one attached hydrogen (secondary N) is 2. The third-order valence-corrected chi connectivity index (χ3v) is 5.86. The zero-order valence-corrected chi connectivity index (χ0v) is 15.4. The molecule has 1 heterocycles. The Morgan fingerprint density at radius 2 is 1.74 bits per heavy atom. The Kier molecular flexibility index (Phi) is 5.27. The minimum atomic E-state index is -3.54. The number of benzene rings is 2. The van der Waals surface area contributed by atoms with Crippen molar-refractivity contribution in [1.29, 1.82) is 0 Å². The van der Waals surface area contributed by atoms with Gasteiger partial charge in [0.15, 0.2) is 9.84 Å². The first kappa shape index (κ1) is 18.7. The fourth-order valence-electron chi connectivity index (χ4n) is 2.69. The van der Waals surface area contributed by atoms with Crippen LogP contribution in [0, 0.1) is 0 Å². The SMILES string of the molecule is COc1ccc(S(=O)(=O)CCNC(=O)c2c[nH]c(=O)c3ccccc23)cc1. The van der Waals surface area contributed by atoms with E-state index in [1.165, 1.54) is 25.4 Å². The number of carbonyl (C=O) groups is 1. The highest BCUT2D eigenvalue weighted by Gasteiger charge is 2.16. The van der Waals surface area contributed by atoms with Gasteiger partial charge in [0.1, 0.15) is 5.75 Å². The van der Waals surface area contributed by atoms with Crippen LogP contribution in [0.2, 0.25) is 0 Å². The van der Waals surface area contributed by atoms with Crippen molar-refractivity contribution in [1.82, 2.24) is 10.3 Å². The van der Waals surface area contributed by atoms with Gasteiger partial charge in [-0.15, -0.1) is 0 Å². The van der Waals surface area contributed by atoms with Crippen LogP contribution in [-0.2, 0) is 9.84 Å². The second kappa shape index (κ2) is 7.63. The van der Waals surface area contributed by atoms with Gasteiger partial charge in [-0.2, -0.15) is 0 Å². The average Bonchev–Trinajstić information content (AvgIpc) is 2.68. The van der Waals surface area contributed by atoms with Crippen molar-refractivity contribution >= 4 is 26.5 Å². The Hall–Kier alpha value is -3.13. The Morgan fingerprint density at radius 3 is 2.41 bits per heavy atom. The Bertz CT molecular complexity index is 1130. The van der Waals surface area contributed by atoms with E-state index in [-0.39, 0.29) is 28.3 Å². The second-order valence-corrected chi connectivity index (χ2v) is 7.94. The molecule has 0 fully saturated rings. The number of fused-ring (bicyclic) bond motifs is 1. The van der Waals surface area contributed by atoms with Gasteiger partial charge in [-0.1, -0.05) is 18.2 Å². The number of hydrogen-bond donors (Lipinski definition) is 2. The summed E-state index contributed by atoms with van der Waals surface area (Å²) in [5.41, 5.74) is -0.00345. The van der Waals surface area contributed by atoms with Gasteiger partial charge in [0, 0.05) is 23.5 Å². The second-order valence-electron chi connectivity index (χ2n) is 5.83. The van der Waals surface area contributed by atoms with Crippen LogP contribution in [0.4, 0.5) is 0 Å². The Balaban J connectivity index is 1.71. The molecule has 0 aliphatic heterocycles. The predicted octanol–water partition coefficient (Wildman–Crippen LogP) is 1.74. The number of carbonyl (C=O) groups excluding carboxylic acids is 1. The highest BCUT2D eigenvalue weighted by atomic mass is 32.2. The highest BCUT2D eigenvalue weighted by molar-refractivity contribution is 7.91. The molecule has 0 bridgehead atoms. The molecule has 3 rings (SSSR count). The smallest absolute Gasteiger partial charge is 0.255 e. The lowest BCUT2D eigenvalue weighted by Gasteiger charge is -2.09. The van der Waals surface area contributed by atoms with Crippen molar-refractivity contribution in [2.75, 3.05) is 19.4 Å². The molecule has 0 radical (unpaired) electrons. The lowest BCUT2D eigenvalue weighted by Crippen LogP contribution is -2.30. The Labute approximate surface area is 155 Å². The topological polar surface area (TPSA) is 105 Å². The van der Waals surface area contributed by atoms with Gasteiger partial charge >= 0.3 is 0 Å². The summed E-state index contributed by atoms with van der Waals surface area (Å²) < 4.78 is 29.7. The van der Waals surface area contributed by atoms with Crippen LogP contribution in [-0.4, -0.2) is 38.7 Å². The number of amides is 1. The van der Waals surface area contributed by atoms with Crippen LogP contribution in [0.1, 0.15) is 10.4 Å². The summed E-state index contributed by atoms with van der Waals surface area (Å²) in [7, 11) is -2.04. The number of hydrogen-bond acceptors (Lipinski definition) is 5. The van der Waals surface area contributed by atoms with Gasteiger partial charge in [0.05, 0.1) is 23.3 Å². The van der Waals surface area contributed by atoms with Crippen LogP contribution in [0.25, 0.3) is 10.8 Å². The number of rotatable bonds is 6. The molecule has 140 valence electrons. The maximum absolute atomic E-state index is 12.4. The molecule has 0 spiro atoms. The summed E-state index contributed by atoms with van der Waals surface area (Å²) in [5.74, 6) is -0.133. The molecule has 2 N–H and O–H groups in total. The van der Waals surface area contributed by atoms with E-state index in [9.17, 15) is 18.0 Å². The van der Waals surface area contributed by atoms with Crippen molar-refractivity contribution in [2.45, 2.75) is 4.90 Å². The molecule has 2 aromatic carbocycles. The van der Waals surface area contributed by atoms with E-state index in [0.717, 1.165) is 0 Å². The zero-order valence-electron chi connectivity index (χ0n) is 14.6. The predicted molar refractivity (Wildman–Crippen MR) is 102 cm³/mol. The molecule has 0 saturated heterocycles. The number of H-pyrrole nitrogens is 1. The lowest BCUT2D eigenvalue weighted by molar-refractivity contribution is 0.0957. The molecule has 0 saturated carbocycles. The Morgan fingerprint density at radius 1 is 1.07 bits per heavy atom. The van der Waals surface area contributed by atoms with Gasteiger partial charge in [0.2, 0.25) is 0 Å². The fraction of sp³-hybridized carbons (Fsp3) is 0.158. The van der Waals surface area contributed by atoms with E-state index < -0.39 is 15.7 Å². The standard InChI is InChI=1S/C19H18N2O5S/c1-26-13-6-8-14(9-7-13)27(24,25)11-10-20-19(23)17-12-21-18(22)16-5-3-2-4-15(16)17/h2-9,12H,10-11H2,1H3,(H,20,23)(H,21,22). The van der Waals surface area contributed by atoms with E-state index in [1.54, 1.807) is 36.4 Å². The van der Waals surface area contributed by atoms with Gasteiger partial charge in [-0.25, -0.2) is 8.42 Å². The number of aromatic nitrogens is 1. The molecule has 1 aromatic heterocycles. The number of sulfone groups is 1. The van der Waals surface area contributed by atoms with Crippen molar-refractivity contribution < 1.29 is 17.9 Å². The van der Waals surface area contributed by atoms with Crippen LogP contribution in [0.15, 0.2) is 64.4 Å². The highest BCUT2D eigenvalue weighted by Crippen LogP contribution is 2.17. The minimum Gasteiger partial charge on any atom is -0.497 e. The van der Waals surface area contributed by atoms with Gasteiger partial charge in [-0.3, -0.25) is 9.59 Å². The summed E-state index contributed by atoms with van der Waals surface area (Å²) in [6.07, 6.45) is 1.33. The molecule has 0 atom stereocenters. The number of pyridine rings is 1. The number of aromatic amines is 1. The molecule has 3 aromatic rings. The van der Waals surface area contributed by atoms with Crippen LogP contribution in [0.3, 0.4) is 0 Å². The normalized spacial score (nSPS) is 11.3. The molecule has 1 amide bonds. The first-order valence-electron chi connectivity index (χ1n) is 8.18. The quantitative estimate of drug-likeness (QED) is 0.671. The molecule has 0 unspecified atom stereocenters. The van der Waals surface area contributed by atoms with E-state index in [2.05, 4.69) is 10.3 Å². The van der Waals surface area contributed by atoms with Crippen LogP contribution < -0.4 is 15.6 Å². The monoisotopic (exact) mass is 386 g/mol. The third-order valence-electron chi connectivity index (χ3n) is 4.13. The minimum absolute atomic E-state index is 0.0549. The lowest BCUT2D eigenvalue weighted by atomic mass is 10.1. The summed E-state index contributed by atoms with van der Waals surface area (Å²) >= 11 is 0. The van der Waals surface area contributed by atoms with Gasteiger partial charge in [-0.05, 0) is 30.3 Å². The van der Waals surface area contributed by atoms with E-state index in [4.69, 9.17) is 4.74 Å². The zero-order chi connectivity index (χ0) is 19.4. The summed E-state index contributed by atoms with van der Waals surface area (Å²) in [5, 5.41) is 3.50. The van der Waals surface area contributed by atoms with Crippen molar-refractivity contribution in [3.8, 4) is 5.75 Å². The number of methoxy groups -OCH3 is 1. The van der Waals surface area contributed by atoms with Crippen LogP contribution in [0.5, 0.6) is 5.75 Å². The number of ether oxygens (including phenoxy) is 1. The summed E-state index contributed by atoms with van der Waals surface area (Å²) in [4.78, 5) is 26.9.